The molecule has 0 radical (unpaired) electrons. The molecule has 1 heterocycles. The molecule has 0 saturated heterocycles. The van der Waals surface area contributed by atoms with Gasteiger partial charge in [0, 0.05) is 6.07 Å². The van der Waals surface area contributed by atoms with Gasteiger partial charge in [-0.15, -0.1) is 0 Å². The summed E-state index contributed by atoms with van der Waals surface area (Å²) in [6, 6.07) is 1.59. The van der Waals surface area contributed by atoms with Crippen LogP contribution in [-0.4, -0.2) is 10.6 Å². The summed E-state index contributed by atoms with van der Waals surface area (Å²) in [6.45, 7) is 5.13. The van der Waals surface area contributed by atoms with Crippen molar-refractivity contribution >= 4 is 11.6 Å². The molecule has 0 amide bonds. The van der Waals surface area contributed by atoms with Gasteiger partial charge in [-0.1, -0.05) is 11.6 Å². The van der Waals surface area contributed by atoms with E-state index in [4.69, 9.17) is 16.3 Å². The van der Waals surface area contributed by atoms with Crippen molar-refractivity contribution in [3.8, 4) is 5.88 Å². The number of aromatic nitrogens is 1. The van der Waals surface area contributed by atoms with Gasteiger partial charge in [-0.25, -0.2) is 4.98 Å². The maximum absolute atomic E-state index is 12.4. The van der Waals surface area contributed by atoms with Gasteiger partial charge in [-0.3, -0.25) is 0 Å². The molecule has 0 N–H and O–H groups in total. The first-order valence-corrected chi connectivity index (χ1v) is 4.89. The highest BCUT2D eigenvalue weighted by Gasteiger charge is 2.32. The Morgan fingerprint density at radius 2 is 1.75 bits per heavy atom. The SMILES string of the molecule is CC(C)(C)Oc1cc(C(F)(F)F)cc(Cl)n1. The van der Waals surface area contributed by atoms with Crippen LogP contribution in [0, 0.1) is 0 Å². The van der Waals surface area contributed by atoms with Crippen molar-refractivity contribution in [3.63, 3.8) is 0 Å². The Bertz CT molecular complexity index is 385. The van der Waals surface area contributed by atoms with Gasteiger partial charge in [0.2, 0.25) is 5.88 Å². The van der Waals surface area contributed by atoms with Crippen molar-refractivity contribution < 1.29 is 17.9 Å². The minimum absolute atomic E-state index is 0.132. The molecule has 0 saturated carbocycles. The number of rotatable bonds is 1. The van der Waals surface area contributed by atoms with E-state index in [2.05, 4.69) is 4.98 Å². The third-order valence-corrected chi connectivity index (χ3v) is 1.70. The summed E-state index contributed by atoms with van der Waals surface area (Å²) in [5.74, 6) is -0.132. The van der Waals surface area contributed by atoms with E-state index in [1.165, 1.54) is 0 Å². The summed E-state index contributed by atoms with van der Waals surface area (Å²) in [5, 5.41) is -0.242. The highest BCUT2D eigenvalue weighted by Crippen LogP contribution is 2.33. The van der Waals surface area contributed by atoms with Crippen LogP contribution >= 0.6 is 11.6 Å². The molecule has 16 heavy (non-hydrogen) atoms. The standard InChI is InChI=1S/C10H11ClF3NO/c1-9(2,3)16-8-5-6(10(12,13)14)4-7(11)15-8/h4-5H,1-3H3. The number of halogens is 4. The van der Waals surface area contributed by atoms with Crippen LogP contribution in [0.5, 0.6) is 5.88 Å². The predicted octanol–water partition coefficient (Wildman–Crippen LogP) is 3.93. The molecule has 0 aliphatic rings. The van der Waals surface area contributed by atoms with Gasteiger partial charge in [0.25, 0.3) is 0 Å². The third kappa shape index (κ3) is 3.89. The number of hydrogen-bond donors (Lipinski definition) is 0. The summed E-state index contributed by atoms with van der Waals surface area (Å²) < 4.78 is 42.5. The molecule has 0 fully saturated rings. The molecule has 2 nitrogen and oxygen atoms in total. The van der Waals surface area contributed by atoms with Crippen LogP contribution in [0.2, 0.25) is 5.15 Å². The second-order valence-electron chi connectivity index (χ2n) is 4.23. The first-order valence-electron chi connectivity index (χ1n) is 4.52. The van der Waals surface area contributed by atoms with Crippen LogP contribution in [0.4, 0.5) is 13.2 Å². The van der Waals surface area contributed by atoms with Gasteiger partial charge in [0.1, 0.15) is 10.8 Å². The van der Waals surface area contributed by atoms with Crippen molar-refractivity contribution in [1.29, 1.82) is 0 Å². The summed E-state index contributed by atoms with van der Waals surface area (Å²) in [7, 11) is 0. The van der Waals surface area contributed by atoms with Gasteiger partial charge >= 0.3 is 6.18 Å². The van der Waals surface area contributed by atoms with E-state index in [0.29, 0.717) is 0 Å². The van der Waals surface area contributed by atoms with Crippen LogP contribution in [-0.2, 0) is 6.18 Å². The minimum atomic E-state index is -4.46. The molecule has 0 aliphatic heterocycles. The normalized spacial score (nSPS) is 12.7. The number of ether oxygens (including phenoxy) is 1. The average molecular weight is 254 g/mol. The first kappa shape index (κ1) is 13.1. The molecule has 1 rings (SSSR count). The molecule has 1 aromatic rings. The second kappa shape index (κ2) is 4.13. The van der Waals surface area contributed by atoms with Crippen LogP contribution < -0.4 is 4.74 Å². The Kier molecular flexibility index (Phi) is 3.38. The van der Waals surface area contributed by atoms with E-state index in [9.17, 15) is 13.2 Å². The number of alkyl halides is 3. The highest BCUT2D eigenvalue weighted by molar-refractivity contribution is 6.29. The molecule has 6 heteroatoms. The van der Waals surface area contributed by atoms with Crippen molar-refractivity contribution in [2.24, 2.45) is 0 Å². The lowest BCUT2D eigenvalue weighted by molar-refractivity contribution is -0.137. The number of pyridine rings is 1. The summed E-state index contributed by atoms with van der Waals surface area (Å²) in [4.78, 5) is 3.68. The fourth-order valence-electron chi connectivity index (χ4n) is 1.00. The predicted molar refractivity (Wildman–Crippen MR) is 54.6 cm³/mol. The Hall–Kier alpha value is -0.970. The van der Waals surface area contributed by atoms with Crippen molar-refractivity contribution in [2.45, 2.75) is 32.5 Å². The Labute approximate surface area is 96.4 Å². The zero-order valence-corrected chi connectivity index (χ0v) is 9.78. The summed E-state index contributed by atoms with van der Waals surface area (Å²) in [5.41, 5.74) is -1.49. The zero-order valence-electron chi connectivity index (χ0n) is 9.02. The fourth-order valence-corrected chi connectivity index (χ4v) is 1.20. The smallest absolute Gasteiger partial charge is 0.416 e. The fraction of sp³-hybridized carbons (Fsp3) is 0.500. The van der Waals surface area contributed by atoms with E-state index in [0.717, 1.165) is 12.1 Å². The second-order valence-corrected chi connectivity index (χ2v) is 4.62. The van der Waals surface area contributed by atoms with Crippen LogP contribution in [0.3, 0.4) is 0 Å². The molecular formula is C10H11ClF3NO. The first-order chi connectivity index (χ1) is 7.08. The van der Waals surface area contributed by atoms with Gasteiger partial charge in [0.05, 0.1) is 5.56 Å². The van der Waals surface area contributed by atoms with E-state index in [-0.39, 0.29) is 11.0 Å². The molecule has 0 unspecified atom stereocenters. The molecule has 0 spiro atoms. The number of nitrogens with zero attached hydrogens (tertiary/aromatic N) is 1. The van der Waals surface area contributed by atoms with Crippen LogP contribution in [0.15, 0.2) is 12.1 Å². The maximum atomic E-state index is 12.4. The topological polar surface area (TPSA) is 22.1 Å². The largest absolute Gasteiger partial charge is 0.472 e. The molecule has 0 aromatic carbocycles. The Balaban J connectivity index is 3.09. The minimum Gasteiger partial charge on any atom is -0.472 e. The maximum Gasteiger partial charge on any atom is 0.416 e. The van der Waals surface area contributed by atoms with Gasteiger partial charge < -0.3 is 4.74 Å². The third-order valence-electron chi connectivity index (χ3n) is 1.51. The van der Waals surface area contributed by atoms with E-state index in [1.807, 2.05) is 0 Å². The average Bonchev–Trinajstić information content (AvgIpc) is 1.97. The number of hydrogen-bond acceptors (Lipinski definition) is 2. The van der Waals surface area contributed by atoms with Crippen LogP contribution in [0.1, 0.15) is 26.3 Å². The quantitative estimate of drug-likeness (QED) is 0.708. The Morgan fingerprint density at radius 1 is 1.19 bits per heavy atom. The van der Waals surface area contributed by atoms with Gasteiger partial charge in [-0.05, 0) is 26.8 Å². The van der Waals surface area contributed by atoms with E-state index < -0.39 is 17.3 Å². The van der Waals surface area contributed by atoms with Gasteiger partial charge in [0.15, 0.2) is 0 Å². The lowest BCUT2D eigenvalue weighted by Gasteiger charge is -2.21. The lowest BCUT2D eigenvalue weighted by Crippen LogP contribution is -2.24. The molecule has 0 bridgehead atoms. The lowest BCUT2D eigenvalue weighted by atomic mass is 10.2. The molecule has 90 valence electrons. The summed E-state index contributed by atoms with van der Waals surface area (Å²) >= 11 is 5.49. The molecular weight excluding hydrogens is 243 g/mol. The highest BCUT2D eigenvalue weighted by atomic mass is 35.5. The van der Waals surface area contributed by atoms with Crippen molar-refractivity contribution in [1.82, 2.24) is 4.98 Å². The monoisotopic (exact) mass is 253 g/mol. The molecule has 0 aliphatic carbocycles. The molecule has 0 atom stereocenters. The van der Waals surface area contributed by atoms with Gasteiger partial charge in [-0.2, -0.15) is 13.2 Å². The zero-order chi connectivity index (χ0) is 12.6. The van der Waals surface area contributed by atoms with E-state index in [1.54, 1.807) is 20.8 Å². The van der Waals surface area contributed by atoms with E-state index >= 15 is 0 Å². The van der Waals surface area contributed by atoms with Crippen molar-refractivity contribution in [2.75, 3.05) is 0 Å². The Morgan fingerprint density at radius 3 is 2.19 bits per heavy atom. The summed E-state index contributed by atoms with van der Waals surface area (Å²) in [6.07, 6.45) is -4.46. The molecule has 1 aromatic heterocycles. The van der Waals surface area contributed by atoms with Crippen molar-refractivity contribution in [3.05, 3.63) is 22.8 Å². The van der Waals surface area contributed by atoms with Crippen LogP contribution in [0.25, 0.3) is 0 Å².